The second-order valence-electron chi connectivity index (χ2n) is 4.07. The van der Waals surface area contributed by atoms with Crippen molar-refractivity contribution in [1.82, 2.24) is 16.0 Å². The molecule has 3 N–H and O–H groups in total. The summed E-state index contributed by atoms with van der Waals surface area (Å²) in [5.41, 5.74) is 0. The average Bonchev–Trinajstić information content (AvgIpc) is 2.34. The van der Waals surface area contributed by atoms with E-state index in [1.807, 2.05) is 6.92 Å². The Morgan fingerprint density at radius 1 is 1.29 bits per heavy atom. The van der Waals surface area contributed by atoms with Crippen LogP contribution in [0.4, 0.5) is 0 Å². The Labute approximate surface area is 109 Å². The Balaban J connectivity index is 0.00000256. The van der Waals surface area contributed by atoms with E-state index in [4.69, 9.17) is 0 Å². The molecular formula is C11H22ClN3O2. The molecule has 0 spiro atoms. The topological polar surface area (TPSA) is 70.2 Å². The van der Waals surface area contributed by atoms with Gasteiger partial charge < -0.3 is 16.0 Å². The minimum absolute atomic E-state index is 0. The van der Waals surface area contributed by atoms with E-state index in [0.717, 1.165) is 32.2 Å². The predicted octanol–water partition coefficient (Wildman–Crippen LogP) is 0.193. The van der Waals surface area contributed by atoms with Crippen molar-refractivity contribution in [3.63, 3.8) is 0 Å². The molecule has 0 saturated carbocycles. The van der Waals surface area contributed by atoms with Crippen molar-refractivity contribution in [1.29, 1.82) is 0 Å². The third-order valence-electron chi connectivity index (χ3n) is 2.62. The normalized spacial score (nSPS) is 19.0. The fraction of sp³-hybridized carbons (Fsp3) is 0.818. The van der Waals surface area contributed by atoms with Crippen LogP contribution >= 0.6 is 12.4 Å². The fourth-order valence-electron chi connectivity index (χ4n) is 1.69. The van der Waals surface area contributed by atoms with Gasteiger partial charge >= 0.3 is 0 Å². The van der Waals surface area contributed by atoms with E-state index in [9.17, 15) is 9.59 Å². The van der Waals surface area contributed by atoms with Gasteiger partial charge in [-0.05, 0) is 25.8 Å². The van der Waals surface area contributed by atoms with Crippen LogP contribution in [0.2, 0.25) is 0 Å². The number of nitrogens with one attached hydrogen (secondary N) is 3. The van der Waals surface area contributed by atoms with Crippen molar-refractivity contribution < 1.29 is 9.59 Å². The summed E-state index contributed by atoms with van der Waals surface area (Å²) in [6, 6.07) is -0.118. The molecule has 0 aliphatic carbocycles. The van der Waals surface area contributed by atoms with Crippen molar-refractivity contribution in [3.05, 3.63) is 0 Å². The van der Waals surface area contributed by atoms with Gasteiger partial charge in [-0.15, -0.1) is 12.4 Å². The van der Waals surface area contributed by atoms with Crippen molar-refractivity contribution in [2.24, 2.45) is 0 Å². The molecule has 1 rings (SSSR count). The van der Waals surface area contributed by atoms with E-state index in [-0.39, 0.29) is 36.8 Å². The highest BCUT2D eigenvalue weighted by Gasteiger charge is 2.20. The summed E-state index contributed by atoms with van der Waals surface area (Å²) in [6.07, 6.45) is 3.97. The number of hydrogen-bond acceptors (Lipinski definition) is 3. The number of hydrogen-bond donors (Lipinski definition) is 3. The maximum Gasteiger partial charge on any atom is 0.239 e. The molecule has 0 aromatic rings. The van der Waals surface area contributed by atoms with Crippen LogP contribution < -0.4 is 16.0 Å². The molecule has 0 radical (unpaired) electrons. The van der Waals surface area contributed by atoms with Crippen molar-refractivity contribution in [2.45, 2.75) is 38.6 Å². The third-order valence-corrected chi connectivity index (χ3v) is 2.62. The lowest BCUT2D eigenvalue weighted by atomic mass is 10.0. The second kappa shape index (κ2) is 9.24. The van der Waals surface area contributed by atoms with Gasteiger partial charge in [0.25, 0.3) is 0 Å². The predicted molar refractivity (Wildman–Crippen MR) is 69.2 cm³/mol. The highest BCUT2D eigenvalue weighted by molar-refractivity contribution is 5.87. The molecule has 0 aromatic heterocycles. The van der Waals surface area contributed by atoms with Crippen molar-refractivity contribution in [2.75, 3.05) is 19.6 Å². The summed E-state index contributed by atoms with van der Waals surface area (Å²) in [5.74, 6) is -0.183. The SMILES string of the molecule is CCCNC(=O)CNC(=O)C1CCCCN1.Cl. The number of amides is 2. The summed E-state index contributed by atoms with van der Waals surface area (Å²) in [7, 11) is 0. The molecule has 5 nitrogen and oxygen atoms in total. The van der Waals surface area contributed by atoms with Crippen molar-refractivity contribution in [3.8, 4) is 0 Å². The fourth-order valence-corrected chi connectivity index (χ4v) is 1.69. The van der Waals surface area contributed by atoms with Crippen molar-refractivity contribution >= 4 is 24.2 Å². The van der Waals surface area contributed by atoms with Crippen LogP contribution in [0.3, 0.4) is 0 Å². The molecule has 1 unspecified atom stereocenters. The van der Waals surface area contributed by atoms with Gasteiger partial charge in [-0.2, -0.15) is 0 Å². The van der Waals surface area contributed by atoms with Gasteiger partial charge in [-0.1, -0.05) is 13.3 Å². The van der Waals surface area contributed by atoms with E-state index < -0.39 is 0 Å². The van der Waals surface area contributed by atoms with Gasteiger partial charge in [0.1, 0.15) is 0 Å². The third kappa shape index (κ3) is 6.48. The van der Waals surface area contributed by atoms with Crippen LogP contribution in [0, 0.1) is 0 Å². The van der Waals surface area contributed by atoms with Crippen LogP contribution in [0.25, 0.3) is 0 Å². The zero-order chi connectivity index (χ0) is 11.8. The minimum Gasteiger partial charge on any atom is -0.355 e. The lowest BCUT2D eigenvalue weighted by Gasteiger charge is -2.22. The largest absolute Gasteiger partial charge is 0.355 e. The molecule has 6 heteroatoms. The van der Waals surface area contributed by atoms with Crippen LogP contribution in [-0.4, -0.2) is 37.5 Å². The van der Waals surface area contributed by atoms with Gasteiger partial charge in [0.05, 0.1) is 12.6 Å². The number of piperidine rings is 1. The first-order valence-electron chi connectivity index (χ1n) is 6.02. The first-order chi connectivity index (χ1) is 7.74. The molecule has 1 saturated heterocycles. The van der Waals surface area contributed by atoms with Gasteiger partial charge in [0.15, 0.2) is 0 Å². The Kier molecular flexibility index (Phi) is 8.80. The van der Waals surface area contributed by atoms with Crippen LogP contribution in [0.15, 0.2) is 0 Å². The summed E-state index contributed by atoms with van der Waals surface area (Å²) in [5, 5.41) is 8.51. The molecular weight excluding hydrogens is 242 g/mol. The lowest BCUT2D eigenvalue weighted by Crippen LogP contribution is -2.49. The maximum absolute atomic E-state index is 11.6. The molecule has 0 bridgehead atoms. The van der Waals surface area contributed by atoms with Crippen LogP contribution in [-0.2, 0) is 9.59 Å². The molecule has 1 heterocycles. The Hall–Kier alpha value is -0.810. The monoisotopic (exact) mass is 263 g/mol. The molecule has 0 aromatic carbocycles. The van der Waals surface area contributed by atoms with Gasteiger partial charge in [0, 0.05) is 6.54 Å². The van der Waals surface area contributed by atoms with E-state index in [2.05, 4.69) is 16.0 Å². The zero-order valence-electron chi connectivity index (χ0n) is 10.3. The van der Waals surface area contributed by atoms with E-state index in [0.29, 0.717) is 6.54 Å². The molecule has 1 aliphatic rings. The average molecular weight is 264 g/mol. The zero-order valence-corrected chi connectivity index (χ0v) is 11.1. The minimum atomic E-state index is -0.119. The lowest BCUT2D eigenvalue weighted by molar-refractivity contribution is -0.127. The number of carbonyl (C=O) groups is 2. The quantitative estimate of drug-likeness (QED) is 0.663. The summed E-state index contributed by atoms with van der Waals surface area (Å²) in [4.78, 5) is 22.9. The van der Waals surface area contributed by atoms with E-state index in [1.54, 1.807) is 0 Å². The second-order valence-corrected chi connectivity index (χ2v) is 4.07. The Morgan fingerprint density at radius 2 is 2.06 bits per heavy atom. The van der Waals surface area contributed by atoms with E-state index in [1.165, 1.54) is 0 Å². The molecule has 1 aliphatic heterocycles. The highest BCUT2D eigenvalue weighted by Crippen LogP contribution is 2.06. The Bertz CT molecular complexity index is 243. The molecule has 2 amide bonds. The first-order valence-corrected chi connectivity index (χ1v) is 6.02. The van der Waals surface area contributed by atoms with Gasteiger partial charge in [-0.3, -0.25) is 9.59 Å². The Morgan fingerprint density at radius 3 is 2.65 bits per heavy atom. The maximum atomic E-state index is 11.6. The molecule has 100 valence electrons. The summed E-state index contributed by atoms with van der Waals surface area (Å²) < 4.78 is 0. The highest BCUT2D eigenvalue weighted by atomic mass is 35.5. The summed E-state index contributed by atoms with van der Waals surface area (Å²) >= 11 is 0. The van der Waals surface area contributed by atoms with Gasteiger partial charge in [0.2, 0.25) is 11.8 Å². The van der Waals surface area contributed by atoms with Crippen LogP contribution in [0.5, 0.6) is 0 Å². The molecule has 1 atom stereocenters. The van der Waals surface area contributed by atoms with E-state index >= 15 is 0 Å². The summed E-state index contributed by atoms with van der Waals surface area (Å²) in [6.45, 7) is 3.62. The van der Waals surface area contributed by atoms with Gasteiger partial charge in [-0.25, -0.2) is 0 Å². The van der Waals surface area contributed by atoms with Crippen LogP contribution in [0.1, 0.15) is 32.6 Å². The molecule has 17 heavy (non-hydrogen) atoms. The number of carbonyl (C=O) groups excluding carboxylic acids is 2. The first kappa shape index (κ1) is 16.2. The smallest absolute Gasteiger partial charge is 0.239 e. The molecule has 1 fully saturated rings. The number of halogens is 1. The number of rotatable bonds is 5. The standard InChI is InChI=1S/C11H21N3O2.ClH/c1-2-6-13-10(15)8-14-11(16)9-5-3-4-7-12-9;/h9,12H,2-8H2,1H3,(H,13,15)(H,14,16);1H.